The molecule has 212 valence electrons. The number of rotatable bonds is 4. The van der Waals surface area contributed by atoms with E-state index < -0.39 is 64.9 Å². The van der Waals surface area contributed by atoms with E-state index in [9.17, 15) is 19.2 Å². The molecule has 5 fully saturated rings. The zero-order valence-corrected chi connectivity index (χ0v) is 23.4. The van der Waals surface area contributed by atoms with Crippen molar-refractivity contribution < 1.29 is 38.1 Å². The minimum Gasteiger partial charge on any atom is -0.461 e. The van der Waals surface area contributed by atoms with Crippen molar-refractivity contribution in [3.05, 3.63) is 53.6 Å². The average Bonchev–Trinajstić information content (AvgIpc) is 3.33. The van der Waals surface area contributed by atoms with Crippen LogP contribution in [-0.2, 0) is 38.1 Å². The molecule has 2 bridgehead atoms. The molecule has 4 unspecified atom stereocenters. The van der Waals surface area contributed by atoms with Crippen LogP contribution in [0, 0.1) is 40.9 Å². The Morgan fingerprint density at radius 1 is 1.07 bits per heavy atom. The molecule has 0 amide bonds. The van der Waals surface area contributed by atoms with E-state index >= 15 is 0 Å². The zero-order valence-electron chi connectivity index (χ0n) is 23.4. The number of hydrogen-bond donors (Lipinski definition) is 0. The number of carbonyl (C=O) groups excluding carboxylic acids is 4. The maximum atomic E-state index is 14.1. The quantitative estimate of drug-likeness (QED) is 0.237. The number of esters is 3. The molecule has 5 aliphatic rings. The first-order chi connectivity index (χ1) is 18.9. The van der Waals surface area contributed by atoms with E-state index in [1.54, 1.807) is 6.08 Å². The lowest BCUT2D eigenvalue weighted by molar-refractivity contribution is -0.252. The Labute approximate surface area is 234 Å². The molecule has 2 spiro atoms. The summed E-state index contributed by atoms with van der Waals surface area (Å²) in [7, 11) is 0. The Balaban J connectivity index is 1.40. The highest BCUT2D eigenvalue weighted by Crippen LogP contribution is 2.71. The molecule has 8 atom stereocenters. The summed E-state index contributed by atoms with van der Waals surface area (Å²) in [5.74, 6) is -3.43. The third-order valence-electron chi connectivity index (χ3n) is 10.3. The number of ether oxygens (including phenoxy) is 4. The Kier molecular flexibility index (Phi) is 6.15. The van der Waals surface area contributed by atoms with E-state index in [-0.39, 0.29) is 17.9 Å². The van der Waals surface area contributed by atoms with Crippen LogP contribution in [0.3, 0.4) is 0 Å². The molecule has 2 heterocycles. The monoisotopic (exact) mass is 548 g/mol. The second kappa shape index (κ2) is 9.13. The molecule has 0 radical (unpaired) electrons. The van der Waals surface area contributed by atoms with Gasteiger partial charge in [0, 0.05) is 30.3 Å². The third-order valence-corrected chi connectivity index (χ3v) is 10.3. The normalized spacial score (nSPS) is 39.2. The van der Waals surface area contributed by atoms with Crippen molar-refractivity contribution in [2.45, 2.75) is 71.9 Å². The summed E-state index contributed by atoms with van der Waals surface area (Å²) in [4.78, 5) is 53.3. The van der Waals surface area contributed by atoms with Crippen molar-refractivity contribution in [3.8, 4) is 0 Å². The van der Waals surface area contributed by atoms with Crippen molar-refractivity contribution in [2.24, 2.45) is 34.0 Å². The van der Waals surface area contributed by atoms with Gasteiger partial charge in [-0.1, -0.05) is 50.3 Å². The molecule has 1 aromatic carbocycles. The van der Waals surface area contributed by atoms with Crippen molar-refractivity contribution in [1.82, 2.24) is 0 Å². The number of fused-ring (bicyclic) bond motifs is 1. The summed E-state index contributed by atoms with van der Waals surface area (Å²) < 4.78 is 24.0. The van der Waals surface area contributed by atoms with E-state index in [4.69, 9.17) is 18.9 Å². The summed E-state index contributed by atoms with van der Waals surface area (Å²) in [5, 5.41) is 0. The van der Waals surface area contributed by atoms with Gasteiger partial charge in [-0.15, -0.1) is 0 Å². The Morgan fingerprint density at radius 3 is 2.50 bits per heavy atom. The van der Waals surface area contributed by atoms with Crippen LogP contribution in [0.5, 0.6) is 0 Å². The predicted molar refractivity (Wildman–Crippen MR) is 143 cm³/mol. The van der Waals surface area contributed by atoms with Crippen LogP contribution in [0.2, 0.25) is 0 Å². The van der Waals surface area contributed by atoms with Crippen molar-refractivity contribution >= 4 is 29.8 Å². The number of ketones is 1. The number of carbonyl (C=O) groups is 4. The van der Waals surface area contributed by atoms with Crippen molar-refractivity contribution in [1.29, 1.82) is 0 Å². The van der Waals surface area contributed by atoms with Gasteiger partial charge in [-0.25, -0.2) is 4.79 Å². The lowest BCUT2D eigenvalue weighted by atomic mass is 9.43. The predicted octanol–water partition coefficient (Wildman–Crippen LogP) is 4.34. The Hall–Kier alpha value is -3.26. The summed E-state index contributed by atoms with van der Waals surface area (Å²) in [5.41, 5.74) is -0.567. The number of benzene rings is 1. The molecule has 2 aliphatic heterocycles. The maximum absolute atomic E-state index is 14.1. The lowest BCUT2D eigenvalue weighted by Crippen LogP contribution is -2.71. The molecule has 1 aromatic rings. The van der Waals surface area contributed by atoms with Gasteiger partial charge in [-0.3, -0.25) is 14.4 Å². The minimum absolute atomic E-state index is 0.182. The first kappa shape index (κ1) is 26.9. The van der Waals surface area contributed by atoms with E-state index in [2.05, 4.69) is 20.4 Å². The number of Topliss-reactive ketones (excluding diaryl/α,β-unsaturated/α-hetero) is 1. The van der Waals surface area contributed by atoms with Gasteiger partial charge in [-0.2, -0.15) is 0 Å². The Morgan fingerprint density at radius 2 is 1.80 bits per heavy atom. The fourth-order valence-corrected chi connectivity index (χ4v) is 8.73. The van der Waals surface area contributed by atoms with Gasteiger partial charge in [0.15, 0.2) is 11.2 Å². The zero-order chi connectivity index (χ0) is 28.6. The molecule has 2 saturated heterocycles. The van der Waals surface area contributed by atoms with E-state index in [0.29, 0.717) is 24.8 Å². The largest absolute Gasteiger partial charge is 0.461 e. The molecule has 6 rings (SSSR count). The molecule has 0 aromatic heterocycles. The van der Waals surface area contributed by atoms with Crippen LogP contribution in [0.4, 0.5) is 0 Å². The fraction of sp³-hybridized carbons (Fsp3) is 0.562. The van der Waals surface area contributed by atoms with Gasteiger partial charge in [-0.05, 0) is 61.2 Å². The summed E-state index contributed by atoms with van der Waals surface area (Å²) in [6, 6.07) is 7.68. The van der Waals surface area contributed by atoms with Gasteiger partial charge in [0.1, 0.15) is 12.2 Å². The second-order valence-electron chi connectivity index (χ2n) is 12.9. The first-order valence-electron chi connectivity index (χ1n) is 14.1. The fourth-order valence-electron chi connectivity index (χ4n) is 8.73. The molecular weight excluding hydrogens is 512 g/mol. The standard InChI is InChI=1S/C32H36O8/c1-17-6-8-20(9-7-17)10-13-24(34)40-27-21-11-12-22-31-16-37-28(38-19(3)33)25(31)30(4,5)15-14-23(31)39-29(36)32(22,27)26(35)18(21)2/h6-10,13,21-23,25,27-28H,2,11-12,14-16H2,1,3-5H3/b13-10+/t21-,22-,23-,25?,27+,28?,31?,32?/m0/s1. The molecule has 3 saturated carbocycles. The van der Waals surface area contributed by atoms with Crippen LogP contribution >= 0.6 is 0 Å². The molecule has 0 N–H and O–H groups in total. The minimum atomic E-state index is -1.70. The second-order valence-corrected chi connectivity index (χ2v) is 12.9. The smallest absolute Gasteiger partial charge is 0.331 e. The van der Waals surface area contributed by atoms with E-state index in [0.717, 1.165) is 17.5 Å². The highest BCUT2D eigenvalue weighted by Gasteiger charge is 2.81. The van der Waals surface area contributed by atoms with Crippen LogP contribution < -0.4 is 0 Å². The van der Waals surface area contributed by atoms with Crippen LogP contribution in [0.1, 0.15) is 57.6 Å². The van der Waals surface area contributed by atoms with Crippen LogP contribution in [-0.4, -0.2) is 48.8 Å². The number of aryl methyl sites for hydroxylation is 1. The topological polar surface area (TPSA) is 105 Å². The van der Waals surface area contributed by atoms with Crippen LogP contribution in [0.25, 0.3) is 6.08 Å². The average molecular weight is 549 g/mol. The SMILES string of the molecule is C=C1C(=O)C23C(=O)O[C@H]4CCC(C)(C)C5C(OC(C)=O)OCC54[C@@H]2CC[C@@H]1[C@H]3OC(=O)/C=C/c1ccc(C)cc1. The summed E-state index contributed by atoms with van der Waals surface area (Å²) in [6.07, 6.45) is 3.09. The highest BCUT2D eigenvalue weighted by molar-refractivity contribution is 6.16. The van der Waals surface area contributed by atoms with Gasteiger partial charge >= 0.3 is 17.9 Å². The molecule has 3 aliphatic carbocycles. The third kappa shape index (κ3) is 3.60. The molecule has 8 heteroatoms. The number of hydrogen-bond acceptors (Lipinski definition) is 8. The summed E-state index contributed by atoms with van der Waals surface area (Å²) in [6.45, 7) is 11.8. The van der Waals surface area contributed by atoms with Crippen molar-refractivity contribution in [3.63, 3.8) is 0 Å². The molecule has 40 heavy (non-hydrogen) atoms. The van der Waals surface area contributed by atoms with Gasteiger partial charge in [0.25, 0.3) is 0 Å². The first-order valence-corrected chi connectivity index (χ1v) is 14.1. The lowest BCUT2D eigenvalue weighted by Gasteiger charge is -2.62. The molecular formula is C32H36O8. The van der Waals surface area contributed by atoms with Gasteiger partial charge in [0.2, 0.25) is 6.29 Å². The van der Waals surface area contributed by atoms with Gasteiger partial charge in [0.05, 0.1) is 6.61 Å². The van der Waals surface area contributed by atoms with Gasteiger partial charge < -0.3 is 18.9 Å². The highest BCUT2D eigenvalue weighted by atomic mass is 16.7. The Bertz CT molecular complexity index is 1320. The van der Waals surface area contributed by atoms with E-state index in [1.165, 1.54) is 13.0 Å². The van der Waals surface area contributed by atoms with E-state index in [1.807, 2.05) is 31.2 Å². The molecule has 8 nitrogen and oxygen atoms in total. The van der Waals surface area contributed by atoms with Crippen molar-refractivity contribution in [2.75, 3.05) is 6.61 Å². The maximum Gasteiger partial charge on any atom is 0.331 e. The summed E-state index contributed by atoms with van der Waals surface area (Å²) >= 11 is 0. The van der Waals surface area contributed by atoms with Crippen LogP contribution in [0.15, 0.2) is 42.5 Å².